The first-order valence-corrected chi connectivity index (χ1v) is 12.4. The number of aromatic amines is 1. The molecule has 198 valence electrons. The zero-order chi connectivity index (χ0) is 27.2. The van der Waals surface area contributed by atoms with Crippen LogP contribution in [-0.2, 0) is 20.8 Å². The lowest BCUT2D eigenvalue weighted by molar-refractivity contribution is -0.144. The molecule has 3 atom stereocenters. The number of aliphatic hydroxyl groups excluding tert-OH is 1. The van der Waals surface area contributed by atoms with E-state index in [1.54, 1.807) is 6.20 Å². The molecule has 3 amide bonds. The van der Waals surface area contributed by atoms with Crippen LogP contribution in [0, 0.1) is 5.92 Å². The van der Waals surface area contributed by atoms with Crippen molar-refractivity contribution in [2.45, 2.75) is 45.4 Å². The van der Waals surface area contributed by atoms with Crippen LogP contribution < -0.4 is 5.32 Å². The van der Waals surface area contributed by atoms with Gasteiger partial charge in [0.1, 0.15) is 18.7 Å². The highest BCUT2D eigenvalue weighted by Gasteiger charge is 2.40. The molecule has 0 saturated carbocycles. The summed E-state index contributed by atoms with van der Waals surface area (Å²) >= 11 is 0. The maximum atomic E-state index is 13.7. The molecule has 0 fully saturated rings. The van der Waals surface area contributed by atoms with Crippen molar-refractivity contribution in [3.8, 4) is 0 Å². The fourth-order valence-corrected chi connectivity index (χ4v) is 4.56. The molecule has 1 aromatic heterocycles. The molecule has 2 unspecified atom stereocenters. The molecule has 3 N–H and O–H groups in total. The van der Waals surface area contributed by atoms with E-state index >= 15 is 0 Å². The minimum Gasteiger partial charge on any atom is -0.383 e. The van der Waals surface area contributed by atoms with Gasteiger partial charge in [-0.15, -0.1) is 10.2 Å². The summed E-state index contributed by atoms with van der Waals surface area (Å²) < 4.78 is 0. The van der Waals surface area contributed by atoms with Gasteiger partial charge in [0.2, 0.25) is 17.6 Å². The second-order valence-electron chi connectivity index (χ2n) is 9.50. The van der Waals surface area contributed by atoms with Gasteiger partial charge in [-0.05, 0) is 23.5 Å². The van der Waals surface area contributed by atoms with Gasteiger partial charge in [0.05, 0.1) is 11.7 Å². The first-order valence-electron chi connectivity index (χ1n) is 12.4. The highest BCUT2D eigenvalue weighted by molar-refractivity contribution is 5.99. The van der Waals surface area contributed by atoms with E-state index in [2.05, 4.69) is 25.9 Å². The van der Waals surface area contributed by atoms with Crippen LogP contribution in [0.3, 0.4) is 0 Å². The van der Waals surface area contributed by atoms with E-state index in [9.17, 15) is 19.5 Å². The SMILES string of the molecule is CC(=O)N1C=C(c2ccccc2)N(CC(=O)N[C@@H](Cc2ccccc2)C(O)c2nn[nH]n2)C(=O)C1C(C)C. The number of carbonyl (C=O) groups excluding carboxylic acids is 3. The first-order chi connectivity index (χ1) is 18.3. The van der Waals surface area contributed by atoms with E-state index in [1.807, 2.05) is 74.5 Å². The second-order valence-corrected chi connectivity index (χ2v) is 9.50. The van der Waals surface area contributed by atoms with Gasteiger partial charge in [-0.1, -0.05) is 79.7 Å². The Balaban J connectivity index is 1.63. The monoisotopic (exact) mass is 517 g/mol. The number of carbonyl (C=O) groups is 3. The maximum absolute atomic E-state index is 13.7. The molecule has 0 saturated heterocycles. The number of aliphatic hydroxyl groups is 1. The molecular weight excluding hydrogens is 486 g/mol. The molecular formula is C27H31N7O4. The fraction of sp³-hybridized carbons (Fsp3) is 0.333. The lowest BCUT2D eigenvalue weighted by atomic mass is 9.97. The molecule has 38 heavy (non-hydrogen) atoms. The number of H-pyrrole nitrogens is 1. The van der Waals surface area contributed by atoms with Crippen molar-refractivity contribution in [2.75, 3.05) is 6.54 Å². The Morgan fingerprint density at radius 2 is 1.74 bits per heavy atom. The summed E-state index contributed by atoms with van der Waals surface area (Å²) in [5.41, 5.74) is 2.02. The van der Waals surface area contributed by atoms with Crippen molar-refractivity contribution in [2.24, 2.45) is 5.92 Å². The van der Waals surface area contributed by atoms with Crippen molar-refractivity contribution in [3.05, 3.63) is 83.8 Å². The van der Waals surface area contributed by atoms with Crippen molar-refractivity contribution >= 4 is 23.4 Å². The number of benzene rings is 2. The van der Waals surface area contributed by atoms with Crippen LogP contribution >= 0.6 is 0 Å². The molecule has 0 bridgehead atoms. The molecule has 0 spiro atoms. The Bertz CT molecular complexity index is 1280. The molecule has 0 aliphatic carbocycles. The topological polar surface area (TPSA) is 144 Å². The summed E-state index contributed by atoms with van der Waals surface area (Å²) in [6.45, 7) is 4.82. The van der Waals surface area contributed by atoms with Crippen LogP contribution in [0.1, 0.15) is 43.8 Å². The van der Waals surface area contributed by atoms with Gasteiger partial charge in [0.15, 0.2) is 0 Å². The van der Waals surface area contributed by atoms with Crippen molar-refractivity contribution < 1.29 is 19.5 Å². The first kappa shape index (κ1) is 26.7. The van der Waals surface area contributed by atoms with Gasteiger partial charge in [-0.3, -0.25) is 19.3 Å². The Hall–Kier alpha value is -4.38. The normalized spacial score (nSPS) is 17.2. The predicted molar refractivity (Wildman–Crippen MR) is 138 cm³/mol. The molecule has 1 aliphatic heterocycles. The number of aromatic nitrogens is 4. The van der Waals surface area contributed by atoms with Crippen molar-refractivity contribution in [3.63, 3.8) is 0 Å². The largest absolute Gasteiger partial charge is 0.383 e. The average molecular weight is 518 g/mol. The van der Waals surface area contributed by atoms with Gasteiger partial charge in [0, 0.05) is 13.1 Å². The van der Waals surface area contributed by atoms with Gasteiger partial charge >= 0.3 is 0 Å². The zero-order valence-electron chi connectivity index (χ0n) is 21.5. The predicted octanol–water partition coefficient (Wildman–Crippen LogP) is 1.67. The number of rotatable bonds is 9. The molecule has 3 aromatic rings. The Morgan fingerprint density at radius 3 is 2.32 bits per heavy atom. The number of nitrogens with one attached hydrogen (secondary N) is 2. The van der Waals surface area contributed by atoms with Crippen LogP contribution in [0.5, 0.6) is 0 Å². The van der Waals surface area contributed by atoms with E-state index in [1.165, 1.54) is 16.7 Å². The molecule has 11 nitrogen and oxygen atoms in total. The third-order valence-corrected chi connectivity index (χ3v) is 6.39. The van der Waals surface area contributed by atoms with Gasteiger partial charge in [-0.2, -0.15) is 5.21 Å². The quantitative estimate of drug-likeness (QED) is 0.392. The van der Waals surface area contributed by atoms with Crippen LogP contribution in [-0.4, -0.2) is 71.9 Å². The standard InChI is InChI=1S/C27H31N7O4/c1-17(2)24-27(38)34(22(15-33(24)18(3)35)20-12-8-5-9-13-20)16-23(36)28-21(14-19-10-6-4-7-11-19)25(37)26-29-31-32-30-26/h4-13,15,17,21,24-25,37H,14,16H2,1-3H3,(H,28,36)(H,29,30,31,32)/t21-,24?,25?/m0/s1. The highest BCUT2D eigenvalue weighted by atomic mass is 16.3. The Kier molecular flexibility index (Phi) is 8.27. The van der Waals surface area contributed by atoms with E-state index in [0.29, 0.717) is 17.7 Å². The molecule has 2 aromatic carbocycles. The minimum atomic E-state index is -1.24. The van der Waals surface area contributed by atoms with Gasteiger partial charge in [-0.25, -0.2) is 0 Å². The van der Waals surface area contributed by atoms with E-state index < -0.39 is 24.1 Å². The zero-order valence-corrected chi connectivity index (χ0v) is 21.5. The lowest BCUT2D eigenvalue weighted by Gasteiger charge is -2.40. The smallest absolute Gasteiger partial charge is 0.250 e. The Morgan fingerprint density at radius 1 is 1.08 bits per heavy atom. The second kappa shape index (κ2) is 11.8. The number of hydrogen-bond donors (Lipinski definition) is 3. The lowest BCUT2D eigenvalue weighted by Crippen LogP contribution is -2.56. The average Bonchev–Trinajstić information content (AvgIpc) is 3.44. The third kappa shape index (κ3) is 5.94. The summed E-state index contributed by atoms with van der Waals surface area (Å²) in [5.74, 6) is -1.24. The van der Waals surface area contributed by atoms with Gasteiger partial charge < -0.3 is 15.3 Å². The van der Waals surface area contributed by atoms with Crippen LogP contribution in [0.25, 0.3) is 5.70 Å². The molecule has 4 rings (SSSR count). The van der Waals surface area contributed by atoms with E-state index in [0.717, 1.165) is 5.56 Å². The number of nitrogens with zero attached hydrogens (tertiary/aromatic N) is 5. The summed E-state index contributed by atoms with van der Waals surface area (Å²) in [4.78, 5) is 42.4. The number of tetrazole rings is 1. The van der Waals surface area contributed by atoms with E-state index in [4.69, 9.17) is 0 Å². The van der Waals surface area contributed by atoms with Crippen LogP contribution in [0.2, 0.25) is 0 Å². The molecule has 11 heteroatoms. The van der Waals surface area contributed by atoms with Crippen LogP contribution in [0.15, 0.2) is 66.9 Å². The van der Waals surface area contributed by atoms with Gasteiger partial charge in [0.25, 0.3) is 5.91 Å². The number of amides is 3. The van der Waals surface area contributed by atoms with E-state index in [-0.39, 0.29) is 30.1 Å². The fourth-order valence-electron chi connectivity index (χ4n) is 4.56. The third-order valence-electron chi connectivity index (χ3n) is 6.39. The number of hydrogen-bond acceptors (Lipinski definition) is 7. The minimum absolute atomic E-state index is 0.0436. The summed E-state index contributed by atoms with van der Waals surface area (Å²) in [6, 6.07) is 17.0. The molecule has 1 aliphatic rings. The van der Waals surface area contributed by atoms with Crippen molar-refractivity contribution in [1.82, 2.24) is 35.7 Å². The van der Waals surface area contributed by atoms with Crippen molar-refractivity contribution in [1.29, 1.82) is 0 Å². The summed E-state index contributed by atoms with van der Waals surface area (Å²) in [5, 5.41) is 27.3. The summed E-state index contributed by atoms with van der Waals surface area (Å²) in [6.07, 6.45) is 0.687. The highest BCUT2D eigenvalue weighted by Crippen LogP contribution is 2.30. The molecule has 0 radical (unpaired) electrons. The summed E-state index contributed by atoms with van der Waals surface area (Å²) in [7, 11) is 0. The maximum Gasteiger partial charge on any atom is 0.250 e. The Labute approximate surface area is 220 Å². The van der Waals surface area contributed by atoms with Crippen LogP contribution in [0.4, 0.5) is 0 Å². The molecule has 2 heterocycles.